The van der Waals surface area contributed by atoms with Crippen molar-refractivity contribution in [2.24, 2.45) is 0 Å². The number of nitrogens with zero attached hydrogens (tertiary/aromatic N) is 2. The van der Waals surface area contributed by atoms with Crippen molar-refractivity contribution in [2.45, 2.75) is 69.8 Å². The van der Waals surface area contributed by atoms with Crippen LogP contribution in [0.3, 0.4) is 0 Å². The lowest BCUT2D eigenvalue weighted by Crippen LogP contribution is -2.30. The van der Waals surface area contributed by atoms with E-state index in [2.05, 4.69) is 30.1 Å². The van der Waals surface area contributed by atoms with Gasteiger partial charge in [-0.2, -0.15) is 0 Å². The highest BCUT2D eigenvalue weighted by Gasteiger charge is 2.26. The third kappa shape index (κ3) is 4.51. The number of rotatable bonds is 5. The highest BCUT2D eigenvalue weighted by Crippen LogP contribution is 2.33. The molecule has 1 aliphatic rings. The normalized spacial score (nSPS) is 24.1. The van der Waals surface area contributed by atoms with E-state index in [1.807, 2.05) is 26.0 Å². The molecule has 0 aliphatic carbocycles. The molecular weight excluding hydrogens is 324 g/mol. The second kappa shape index (κ2) is 7.57. The van der Waals surface area contributed by atoms with Crippen molar-refractivity contribution in [3.05, 3.63) is 35.2 Å². The van der Waals surface area contributed by atoms with Gasteiger partial charge in [0, 0.05) is 5.25 Å². The number of benzene rings is 1. The van der Waals surface area contributed by atoms with E-state index < -0.39 is 0 Å². The molecule has 1 aliphatic heterocycles. The first-order chi connectivity index (χ1) is 11.5. The van der Waals surface area contributed by atoms with Crippen molar-refractivity contribution in [3.63, 3.8) is 0 Å². The van der Waals surface area contributed by atoms with E-state index in [0.29, 0.717) is 23.0 Å². The van der Waals surface area contributed by atoms with Crippen molar-refractivity contribution in [3.8, 4) is 5.75 Å². The van der Waals surface area contributed by atoms with Crippen molar-refractivity contribution in [1.82, 2.24) is 10.2 Å². The number of hydrogen-bond acceptors (Lipinski definition) is 6. The summed E-state index contributed by atoms with van der Waals surface area (Å²) in [5.41, 5.74) is 2.26. The molecule has 1 fully saturated rings. The Balaban J connectivity index is 1.56. The van der Waals surface area contributed by atoms with Crippen LogP contribution in [0.15, 0.2) is 27.8 Å². The average molecular weight is 348 g/mol. The summed E-state index contributed by atoms with van der Waals surface area (Å²) in [4.78, 5) is 0. The summed E-state index contributed by atoms with van der Waals surface area (Å²) in [6, 6.07) is 6.14. The molecule has 2 atom stereocenters. The quantitative estimate of drug-likeness (QED) is 0.802. The monoisotopic (exact) mass is 348 g/mol. The maximum atomic E-state index is 5.82. The molecule has 130 valence electrons. The molecule has 1 aromatic heterocycles. The summed E-state index contributed by atoms with van der Waals surface area (Å²) >= 11 is 1.64. The maximum Gasteiger partial charge on any atom is 0.276 e. The van der Waals surface area contributed by atoms with Gasteiger partial charge in [0.05, 0.1) is 12.2 Å². The number of thioether (sulfide) groups is 1. The highest BCUT2D eigenvalue weighted by molar-refractivity contribution is 7.99. The Hall–Kier alpha value is -1.53. The van der Waals surface area contributed by atoms with Gasteiger partial charge in [-0.15, -0.1) is 10.2 Å². The van der Waals surface area contributed by atoms with Gasteiger partial charge in [0.25, 0.3) is 11.1 Å². The Morgan fingerprint density at radius 1 is 1.17 bits per heavy atom. The van der Waals surface area contributed by atoms with Gasteiger partial charge >= 0.3 is 0 Å². The Morgan fingerprint density at radius 3 is 2.67 bits per heavy atom. The predicted molar refractivity (Wildman–Crippen MR) is 93.4 cm³/mol. The molecular formula is C18H24N2O3S. The summed E-state index contributed by atoms with van der Waals surface area (Å²) in [6.07, 6.45) is 2.57. The summed E-state index contributed by atoms with van der Waals surface area (Å²) in [5.74, 6) is 1.36. The Bertz CT molecular complexity index is 679. The minimum absolute atomic E-state index is 0.279. The van der Waals surface area contributed by atoms with E-state index in [0.717, 1.165) is 24.2 Å². The van der Waals surface area contributed by atoms with Crippen molar-refractivity contribution >= 4 is 11.8 Å². The number of hydrogen-bond donors (Lipinski definition) is 0. The summed E-state index contributed by atoms with van der Waals surface area (Å²) < 4.78 is 17.3. The Kier molecular flexibility index (Phi) is 5.46. The SMILES string of the molecule is Cc1ccc(C)c(OCc2nnc(SC3CC(C)OC(C)C3)o2)c1. The standard InChI is InChI=1S/C18H24N2O3S/c1-11-5-6-12(2)16(7-11)21-10-17-19-20-18(23-17)24-15-8-13(3)22-14(4)9-15/h5-7,13-15H,8-10H2,1-4H3. The molecule has 0 amide bonds. The van der Waals surface area contributed by atoms with E-state index in [9.17, 15) is 0 Å². The van der Waals surface area contributed by atoms with Gasteiger partial charge in [-0.3, -0.25) is 0 Å². The van der Waals surface area contributed by atoms with Gasteiger partial charge in [0.15, 0.2) is 6.61 Å². The van der Waals surface area contributed by atoms with Gasteiger partial charge in [-0.25, -0.2) is 0 Å². The Labute approximate surface area is 147 Å². The van der Waals surface area contributed by atoms with Crippen LogP contribution in [-0.2, 0) is 11.3 Å². The smallest absolute Gasteiger partial charge is 0.276 e. The van der Waals surface area contributed by atoms with Crippen LogP contribution in [0, 0.1) is 13.8 Å². The van der Waals surface area contributed by atoms with Gasteiger partial charge in [-0.05, 0) is 57.7 Å². The van der Waals surface area contributed by atoms with Crippen LogP contribution in [0.1, 0.15) is 43.7 Å². The molecule has 2 unspecified atom stereocenters. The van der Waals surface area contributed by atoms with Gasteiger partial charge in [0.1, 0.15) is 5.75 Å². The summed E-state index contributed by atoms with van der Waals surface area (Å²) in [7, 11) is 0. The van der Waals surface area contributed by atoms with Crippen LogP contribution >= 0.6 is 11.8 Å². The molecule has 3 rings (SSSR count). The highest BCUT2D eigenvalue weighted by atomic mass is 32.2. The average Bonchev–Trinajstić information content (AvgIpc) is 2.94. The largest absolute Gasteiger partial charge is 0.484 e. The fourth-order valence-corrected chi connectivity index (χ4v) is 4.18. The first kappa shape index (κ1) is 17.3. The van der Waals surface area contributed by atoms with E-state index in [1.54, 1.807) is 11.8 Å². The van der Waals surface area contributed by atoms with Gasteiger partial charge in [0.2, 0.25) is 0 Å². The number of aromatic nitrogens is 2. The van der Waals surface area contributed by atoms with Crippen LogP contribution in [-0.4, -0.2) is 27.7 Å². The molecule has 0 radical (unpaired) electrons. The molecule has 6 heteroatoms. The molecule has 1 aromatic carbocycles. The zero-order valence-corrected chi connectivity index (χ0v) is 15.4. The van der Waals surface area contributed by atoms with Crippen molar-refractivity contribution < 1.29 is 13.9 Å². The number of aryl methyl sites for hydroxylation is 2. The predicted octanol–water partition coefficient (Wildman–Crippen LogP) is 4.31. The molecule has 2 heterocycles. The first-order valence-electron chi connectivity index (χ1n) is 8.34. The van der Waals surface area contributed by atoms with Crippen LogP contribution in [0.25, 0.3) is 0 Å². The lowest BCUT2D eigenvalue weighted by molar-refractivity contribution is -0.0265. The molecule has 0 N–H and O–H groups in total. The lowest BCUT2D eigenvalue weighted by atomic mass is 10.1. The van der Waals surface area contributed by atoms with Crippen LogP contribution in [0.4, 0.5) is 0 Å². The van der Waals surface area contributed by atoms with Crippen molar-refractivity contribution in [2.75, 3.05) is 0 Å². The van der Waals surface area contributed by atoms with Gasteiger partial charge < -0.3 is 13.9 Å². The van der Waals surface area contributed by atoms with E-state index in [4.69, 9.17) is 13.9 Å². The van der Waals surface area contributed by atoms with Gasteiger partial charge in [-0.1, -0.05) is 23.9 Å². The van der Waals surface area contributed by atoms with Crippen LogP contribution < -0.4 is 4.74 Å². The molecule has 0 saturated carbocycles. The van der Waals surface area contributed by atoms with E-state index >= 15 is 0 Å². The maximum absolute atomic E-state index is 5.82. The summed E-state index contributed by atoms with van der Waals surface area (Å²) in [5, 5.41) is 9.30. The molecule has 0 spiro atoms. The second-order valence-electron chi connectivity index (χ2n) is 6.49. The third-order valence-electron chi connectivity index (χ3n) is 4.06. The van der Waals surface area contributed by atoms with E-state index in [1.165, 1.54) is 5.56 Å². The minimum Gasteiger partial charge on any atom is -0.484 e. The summed E-state index contributed by atoms with van der Waals surface area (Å²) in [6.45, 7) is 8.58. The third-order valence-corrected chi connectivity index (χ3v) is 5.15. The Morgan fingerprint density at radius 2 is 1.92 bits per heavy atom. The fraction of sp³-hybridized carbons (Fsp3) is 0.556. The molecule has 5 nitrogen and oxygen atoms in total. The molecule has 2 aromatic rings. The molecule has 0 bridgehead atoms. The second-order valence-corrected chi connectivity index (χ2v) is 7.74. The number of ether oxygens (including phenoxy) is 2. The van der Waals surface area contributed by atoms with E-state index in [-0.39, 0.29) is 12.2 Å². The topological polar surface area (TPSA) is 57.4 Å². The molecule has 24 heavy (non-hydrogen) atoms. The molecule has 1 saturated heterocycles. The first-order valence-corrected chi connectivity index (χ1v) is 9.22. The zero-order valence-electron chi connectivity index (χ0n) is 14.6. The van der Waals surface area contributed by atoms with Crippen LogP contribution in [0.5, 0.6) is 5.75 Å². The lowest BCUT2D eigenvalue weighted by Gasteiger charge is -2.30. The van der Waals surface area contributed by atoms with Crippen LogP contribution in [0.2, 0.25) is 0 Å². The fourth-order valence-electron chi connectivity index (χ4n) is 2.93. The van der Waals surface area contributed by atoms with Crippen molar-refractivity contribution in [1.29, 1.82) is 0 Å². The zero-order chi connectivity index (χ0) is 17.1. The minimum atomic E-state index is 0.279.